The van der Waals surface area contributed by atoms with Crippen molar-refractivity contribution in [2.45, 2.75) is 75.9 Å². The fourth-order valence-electron chi connectivity index (χ4n) is 6.26. The van der Waals surface area contributed by atoms with Gasteiger partial charge in [-0.3, -0.25) is 13.9 Å². The number of para-hydroxylation sites is 1. The van der Waals surface area contributed by atoms with E-state index in [1.165, 1.54) is 9.21 Å². The van der Waals surface area contributed by atoms with Gasteiger partial charge in [-0.05, 0) is 73.7 Å². The van der Waals surface area contributed by atoms with Crippen LogP contribution in [0.2, 0.25) is 0 Å². The van der Waals surface area contributed by atoms with Crippen molar-refractivity contribution in [2.75, 3.05) is 18.0 Å². The molecule has 0 heterocycles. The zero-order valence-electron chi connectivity index (χ0n) is 28.0. The molecule has 252 valence electrons. The second kappa shape index (κ2) is 16.0. The number of hydrogen-bond donors (Lipinski definition) is 1. The lowest BCUT2D eigenvalue weighted by molar-refractivity contribution is -0.140. The fraction of sp³-hybridized carbons (Fsp3) is 0.333. The molecule has 0 spiro atoms. The van der Waals surface area contributed by atoms with Gasteiger partial charge in [-0.25, -0.2) is 8.42 Å². The molecule has 4 aromatic rings. The summed E-state index contributed by atoms with van der Waals surface area (Å²) in [5.74, 6) is -0.114. The highest BCUT2D eigenvalue weighted by atomic mass is 32.2. The van der Waals surface area contributed by atoms with Crippen LogP contribution in [-0.2, 0) is 32.6 Å². The van der Waals surface area contributed by atoms with Crippen molar-refractivity contribution in [2.24, 2.45) is 0 Å². The number of carbonyl (C=O) groups excluding carboxylic acids is 2. The van der Waals surface area contributed by atoms with Gasteiger partial charge in [-0.1, -0.05) is 97.6 Å². The molecule has 8 nitrogen and oxygen atoms in total. The predicted octanol–water partition coefficient (Wildman–Crippen LogP) is 6.60. The number of anilines is 1. The SMILES string of the molecule is COc1cccc(CN(C(=O)CN(c2ccccc2C)S(=O)(=O)c2ccc(C)cc2)C(Cc2ccccc2)C(=O)NC2CCCCC2)c1. The smallest absolute Gasteiger partial charge is 0.264 e. The van der Waals surface area contributed by atoms with Gasteiger partial charge in [0.25, 0.3) is 10.0 Å². The van der Waals surface area contributed by atoms with E-state index in [9.17, 15) is 18.0 Å². The van der Waals surface area contributed by atoms with E-state index in [-0.39, 0.29) is 29.8 Å². The first-order chi connectivity index (χ1) is 23.2. The van der Waals surface area contributed by atoms with Gasteiger partial charge in [0, 0.05) is 19.0 Å². The number of aryl methyl sites for hydroxylation is 2. The average Bonchev–Trinajstić information content (AvgIpc) is 3.10. The number of amides is 2. The molecule has 1 N–H and O–H groups in total. The molecule has 0 saturated heterocycles. The summed E-state index contributed by atoms with van der Waals surface area (Å²) in [7, 11) is -2.59. The molecule has 4 aromatic carbocycles. The zero-order valence-corrected chi connectivity index (χ0v) is 28.8. The number of nitrogens with one attached hydrogen (secondary N) is 1. The van der Waals surface area contributed by atoms with Gasteiger partial charge >= 0.3 is 0 Å². The van der Waals surface area contributed by atoms with Crippen molar-refractivity contribution >= 4 is 27.5 Å². The first kappa shape index (κ1) is 34.7. The monoisotopic (exact) mass is 667 g/mol. The molecule has 9 heteroatoms. The number of hydrogen-bond acceptors (Lipinski definition) is 5. The number of nitrogens with zero attached hydrogens (tertiary/aromatic N) is 2. The third-order valence-electron chi connectivity index (χ3n) is 8.98. The third-order valence-corrected chi connectivity index (χ3v) is 10.8. The van der Waals surface area contributed by atoms with Crippen LogP contribution in [0, 0.1) is 13.8 Å². The highest BCUT2D eigenvalue weighted by Crippen LogP contribution is 2.28. The summed E-state index contributed by atoms with van der Waals surface area (Å²) >= 11 is 0. The Morgan fingerprint density at radius 3 is 2.19 bits per heavy atom. The lowest BCUT2D eigenvalue weighted by Crippen LogP contribution is -2.55. The maximum Gasteiger partial charge on any atom is 0.264 e. The van der Waals surface area contributed by atoms with E-state index in [1.54, 1.807) is 43.5 Å². The second-order valence-electron chi connectivity index (χ2n) is 12.5. The Kier molecular flexibility index (Phi) is 11.5. The normalized spacial score (nSPS) is 14.1. The van der Waals surface area contributed by atoms with E-state index < -0.39 is 28.5 Å². The first-order valence-electron chi connectivity index (χ1n) is 16.6. The minimum atomic E-state index is -4.17. The second-order valence-corrected chi connectivity index (χ2v) is 14.4. The molecular weight excluding hydrogens is 623 g/mol. The van der Waals surface area contributed by atoms with Crippen LogP contribution < -0.4 is 14.4 Å². The predicted molar refractivity (Wildman–Crippen MR) is 189 cm³/mol. The van der Waals surface area contributed by atoms with Gasteiger partial charge in [0.15, 0.2) is 0 Å². The summed E-state index contributed by atoms with van der Waals surface area (Å²) < 4.78 is 35.3. The van der Waals surface area contributed by atoms with Crippen molar-refractivity contribution < 1.29 is 22.7 Å². The van der Waals surface area contributed by atoms with E-state index >= 15 is 0 Å². The Labute approximate surface area is 284 Å². The van der Waals surface area contributed by atoms with Gasteiger partial charge in [-0.2, -0.15) is 0 Å². The summed E-state index contributed by atoms with van der Waals surface area (Å²) in [5.41, 5.74) is 3.68. The van der Waals surface area contributed by atoms with E-state index in [0.717, 1.165) is 48.8 Å². The molecule has 0 bridgehead atoms. The summed E-state index contributed by atoms with van der Waals surface area (Å²) in [5, 5.41) is 3.25. The van der Waals surface area contributed by atoms with Crippen LogP contribution in [0.1, 0.15) is 54.4 Å². The zero-order chi connectivity index (χ0) is 34.1. The number of rotatable bonds is 13. The molecular formula is C39H45N3O5S. The lowest BCUT2D eigenvalue weighted by atomic mass is 9.94. The maximum atomic E-state index is 14.8. The van der Waals surface area contributed by atoms with Crippen molar-refractivity contribution in [1.29, 1.82) is 0 Å². The molecule has 0 radical (unpaired) electrons. The summed E-state index contributed by atoms with van der Waals surface area (Å²) in [6.07, 6.45) is 5.29. The Hall–Kier alpha value is -4.63. The van der Waals surface area contributed by atoms with Gasteiger partial charge in [0.05, 0.1) is 17.7 Å². The molecule has 1 fully saturated rings. The Morgan fingerprint density at radius 1 is 0.833 bits per heavy atom. The van der Waals surface area contributed by atoms with Crippen LogP contribution >= 0.6 is 0 Å². The molecule has 0 aromatic heterocycles. The van der Waals surface area contributed by atoms with Crippen LogP contribution in [0.4, 0.5) is 5.69 Å². The van der Waals surface area contributed by atoms with Crippen LogP contribution in [0.25, 0.3) is 0 Å². The molecule has 1 saturated carbocycles. The van der Waals surface area contributed by atoms with Crippen molar-refractivity contribution in [3.05, 3.63) is 125 Å². The highest BCUT2D eigenvalue weighted by Gasteiger charge is 2.35. The Bertz CT molecular complexity index is 1790. The van der Waals surface area contributed by atoms with E-state index in [2.05, 4.69) is 5.32 Å². The number of methoxy groups -OCH3 is 1. The number of sulfonamides is 1. The van der Waals surface area contributed by atoms with Crippen molar-refractivity contribution in [3.8, 4) is 5.75 Å². The molecule has 2 amide bonds. The Morgan fingerprint density at radius 2 is 1.50 bits per heavy atom. The topological polar surface area (TPSA) is 96.0 Å². The summed E-state index contributed by atoms with van der Waals surface area (Å²) in [6.45, 7) is 3.30. The number of ether oxygens (including phenoxy) is 1. The molecule has 1 aliphatic carbocycles. The minimum Gasteiger partial charge on any atom is -0.497 e. The van der Waals surface area contributed by atoms with Gasteiger partial charge in [-0.15, -0.1) is 0 Å². The molecule has 1 atom stereocenters. The van der Waals surface area contributed by atoms with Gasteiger partial charge in [0.2, 0.25) is 11.8 Å². The molecule has 1 unspecified atom stereocenters. The fourth-order valence-corrected chi connectivity index (χ4v) is 7.74. The standard InChI is InChI=1S/C39H45N3O5S/c1-29-21-23-35(24-22-29)48(45,46)42(36-20-11-10-13-30(36)2)28-38(43)41(27-32-16-12-19-34(25-32)47-3)37(26-31-14-6-4-7-15-31)39(44)40-33-17-8-5-9-18-33/h4,6-7,10-16,19-25,33,37H,5,8-9,17-18,26-28H2,1-3H3,(H,40,44). The van der Waals surface area contributed by atoms with Crippen LogP contribution in [0.15, 0.2) is 108 Å². The summed E-state index contributed by atoms with van der Waals surface area (Å²) in [6, 6.07) is 29.8. The van der Waals surface area contributed by atoms with Crippen molar-refractivity contribution in [3.63, 3.8) is 0 Å². The molecule has 1 aliphatic rings. The molecule has 5 rings (SSSR count). The first-order valence-corrected chi connectivity index (χ1v) is 18.0. The van der Waals surface area contributed by atoms with Gasteiger partial charge in [0.1, 0.15) is 18.3 Å². The number of carbonyl (C=O) groups is 2. The van der Waals surface area contributed by atoms with Crippen LogP contribution in [0.5, 0.6) is 5.75 Å². The van der Waals surface area contributed by atoms with Crippen molar-refractivity contribution in [1.82, 2.24) is 10.2 Å². The maximum absolute atomic E-state index is 14.8. The largest absolute Gasteiger partial charge is 0.497 e. The van der Waals surface area contributed by atoms with E-state index in [0.29, 0.717) is 17.0 Å². The molecule has 0 aliphatic heterocycles. The quantitative estimate of drug-likeness (QED) is 0.174. The van der Waals surface area contributed by atoms with E-state index in [4.69, 9.17) is 4.74 Å². The van der Waals surface area contributed by atoms with Crippen LogP contribution in [-0.4, -0.2) is 50.9 Å². The third kappa shape index (κ3) is 8.63. The molecule has 48 heavy (non-hydrogen) atoms. The van der Waals surface area contributed by atoms with Gasteiger partial charge < -0.3 is 15.0 Å². The Balaban J connectivity index is 1.58. The number of benzene rings is 4. The van der Waals surface area contributed by atoms with E-state index in [1.807, 2.05) is 80.6 Å². The highest BCUT2D eigenvalue weighted by molar-refractivity contribution is 7.92. The lowest BCUT2D eigenvalue weighted by Gasteiger charge is -2.35. The minimum absolute atomic E-state index is 0.0312. The average molecular weight is 668 g/mol. The van der Waals surface area contributed by atoms with Crippen LogP contribution in [0.3, 0.4) is 0 Å². The summed E-state index contributed by atoms with van der Waals surface area (Å²) in [4.78, 5) is 30.7.